The number of allylic oxidation sites excluding steroid dienone is 18. The maximum Gasteiger partial charge on any atom is 0.306 e. The molecule has 0 bridgehead atoms. The molecular formula is C70H118O6. The maximum absolute atomic E-state index is 12.9. The Morgan fingerprint density at radius 3 is 0.868 bits per heavy atom. The second-order valence-corrected chi connectivity index (χ2v) is 20.9. The van der Waals surface area contributed by atoms with Gasteiger partial charge in [0, 0.05) is 19.3 Å². The van der Waals surface area contributed by atoms with E-state index < -0.39 is 6.10 Å². The highest BCUT2D eigenvalue weighted by Crippen LogP contribution is 2.16. The van der Waals surface area contributed by atoms with Crippen LogP contribution in [0.15, 0.2) is 109 Å². The minimum absolute atomic E-state index is 0.0999. The van der Waals surface area contributed by atoms with Gasteiger partial charge in [0.15, 0.2) is 6.10 Å². The minimum atomic E-state index is -0.808. The van der Waals surface area contributed by atoms with Gasteiger partial charge in [0.1, 0.15) is 13.2 Å². The molecule has 434 valence electrons. The first-order chi connectivity index (χ1) is 37.5. The van der Waals surface area contributed by atoms with Crippen LogP contribution in [0.4, 0.5) is 0 Å². The fourth-order valence-electron chi connectivity index (χ4n) is 8.69. The lowest BCUT2D eigenvalue weighted by Crippen LogP contribution is -2.30. The van der Waals surface area contributed by atoms with Gasteiger partial charge in [0.2, 0.25) is 0 Å². The molecule has 0 aliphatic heterocycles. The highest BCUT2D eigenvalue weighted by molar-refractivity contribution is 5.71. The fraction of sp³-hybridized carbons (Fsp3) is 0.700. The molecule has 6 nitrogen and oxygen atoms in total. The van der Waals surface area contributed by atoms with Crippen LogP contribution < -0.4 is 0 Å². The van der Waals surface area contributed by atoms with E-state index in [1.807, 2.05) is 0 Å². The van der Waals surface area contributed by atoms with Crippen molar-refractivity contribution in [2.24, 2.45) is 0 Å². The van der Waals surface area contributed by atoms with Gasteiger partial charge in [0.05, 0.1) is 0 Å². The molecule has 0 saturated heterocycles. The quantitative estimate of drug-likeness (QED) is 0.0261. The van der Waals surface area contributed by atoms with Gasteiger partial charge in [0.25, 0.3) is 0 Å². The molecule has 0 amide bonds. The standard InChI is InChI=1S/C70H118O6/c1-4-7-10-13-16-19-22-25-28-29-30-31-32-33-34-35-36-37-38-39-40-41-43-45-48-51-54-57-60-63-69(72)75-66-67(65-74-68(71)62-59-56-53-50-47-44-27-24-21-18-15-12-9-6-3)76-70(73)64-61-58-55-52-49-46-42-26-23-20-17-14-11-8-5-2/h8,11,15,17-18,20,22,24-27,29-30,32-33,42,49,52,67H,4-7,9-10,12-14,16,19,21,23,28,31,34-41,43-48,50-51,53-66H2,1-3H3/b11-8-,18-15-,20-17-,25-22-,27-24-,30-29-,33-32-,42-26-,52-49-. The van der Waals surface area contributed by atoms with E-state index in [0.717, 1.165) is 116 Å². The summed E-state index contributed by atoms with van der Waals surface area (Å²) in [5.41, 5.74) is 0. The molecule has 0 heterocycles. The average Bonchev–Trinajstić information content (AvgIpc) is 3.42. The van der Waals surface area contributed by atoms with Crippen molar-refractivity contribution in [2.45, 2.75) is 303 Å². The van der Waals surface area contributed by atoms with E-state index in [4.69, 9.17) is 14.2 Å². The van der Waals surface area contributed by atoms with Crippen molar-refractivity contribution < 1.29 is 28.6 Å². The number of rotatable bonds is 57. The average molecular weight is 1060 g/mol. The molecule has 0 fully saturated rings. The van der Waals surface area contributed by atoms with Crippen LogP contribution in [-0.2, 0) is 28.6 Å². The molecule has 0 N–H and O–H groups in total. The van der Waals surface area contributed by atoms with Crippen molar-refractivity contribution in [3.05, 3.63) is 109 Å². The fourth-order valence-corrected chi connectivity index (χ4v) is 8.69. The van der Waals surface area contributed by atoms with Crippen LogP contribution in [0.25, 0.3) is 0 Å². The van der Waals surface area contributed by atoms with Crippen LogP contribution in [0.2, 0.25) is 0 Å². The second-order valence-electron chi connectivity index (χ2n) is 20.9. The third-order valence-corrected chi connectivity index (χ3v) is 13.5. The molecule has 0 radical (unpaired) electrons. The maximum atomic E-state index is 12.9. The summed E-state index contributed by atoms with van der Waals surface area (Å²) in [4.78, 5) is 38.2. The highest BCUT2D eigenvalue weighted by Gasteiger charge is 2.19. The lowest BCUT2D eigenvalue weighted by molar-refractivity contribution is -0.167. The first kappa shape index (κ1) is 72.1. The number of carbonyl (C=O) groups is 3. The van der Waals surface area contributed by atoms with Crippen LogP contribution in [0, 0.1) is 0 Å². The molecule has 0 aromatic carbocycles. The van der Waals surface area contributed by atoms with Gasteiger partial charge >= 0.3 is 17.9 Å². The zero-order valence-corrected chi connectivity index (χ0v) is 49.7. The largest absolute Gasteiger partial charge is 0.462 e. The number of ether oxygens (including phenoxy) is 3. The summed E-state index contributed by atoms with van der Waals surface area (Å²) in [7, 11) is 0. The van der Waals surface area contributed by atoms with Gasteiger partial charge < -0.3 is 14.2 Å². The lowest BCUT2D eigenvalue weighted by atomic mass is 10.0. The summed E-state index contributed by atoms with van der Waals surface area (Å²) in [6.07, 6.45) is 86.8. The number of unbranched alkanes of at least 4 members (excludes halogenated alkanes) is 28. The normalized spacial score (nSPS) is 12.8. The van der Waals surface area contributed by atoms with Crippen LogP contribution in [0.5, 0.6) is 0 Å². The molecule has 76 heavy (non-hydrogen) atoms. The van der Waals surface area contributed by atoms with Crippen molar-refractivity contribution in [1.29, 1.82) is 0 Å². The molecule has 0 aromatic rings. The third-order valence-electron chi connectivity index (χ3n) is 13.5. The molecule has 0 aromatic heterocycles. The van der Waals surface area contributed by atoms with Gasteiger partial charge in [-0.2, -0.15) is 0 Å². The summed E-state index contributed by atoms with van der Waals surface area (Å²) in [5, 5.41) is 0. The predicted octanol–water partition coefficient (Wildman–Crippen LogP) is 21.8. The van der Waals surface area contributed by atoms with E-state index in [9.17, 15) is 14.4 Å². The Labute approximate surface area is 470 Å². The van der Waals surface area contributed by atoms with E-state index in [2.05, 4.69) is 130 Å². The van der Waals surface area contributed by atoms with Crippen LogP contribution in [0.1, 0.15) is 297 Å². The summed E-state index contributed by atoms with van der Waals surface area (Å²) in [6, 6.07) is 0. The third kappa shape index (κ3) is 60.9. The lowest BCUT2D eigenvalue weighted by Gasteiger charge is -2.18. The summed E-state index contributed by atoms with van der Waals surface area (Å²) in [6.45, 7) is 6.44. The van der Waals surface area contributed by atoms with Gasteiger partial charge in [-0.05, 0) is 122 Å². The zero-order chi connectivity index (χ0) is 55.0. The van der Waals surface area contributed by atoms with Crippen molar-refractivity contribution in [3.8, 4) is 0 Å². The first-order valence-corrected chi connectivity index (χ1v) is 31.9. The van der Waals surface area contributed by atoms with Crippen molar-refractivity contribution in [3.63, 3.8) is 0 Å². The molecule has 0 aliphatic carbocycles. The van der Waals surface area contributed by atoms with Crippen molar-refractivity contribution in [1.82, 2.24) is 0 Å². The number of hydrogen-bond donors (Lipinski definition) is 0. The van der Waals surface area contributed by atoms with Gasteiger partial charge in [-0.25, -0.2) is 0 Å². The topological polar surface area (TPSA) is 78.9 Å². The van der Waals surface area contributed by atoms with E-state index in [-0.39, 0.29) is 37.5 Å². The second kappa shape index (κ2) is 63.6. The Bertz CT molecular complexity index is 1540. The summed E-state index contributed by atoms with van der Waals surface area (Å²) >= 11 is 0. The molecular weight excluding hydrogens is 937 g/mol. The Hall–Kier alpha value is -3.93. The Morgan fingerprint density at radius 2 is 0.526 bits per heavy atom. The van der Waals surface area contributed by atoms with E-state index in [1.165, 1.54) is 135 Å². The molecule has 6 heteroatoms. The zero-order valence-electron chi connectivity index (χ0n) is 49.7. The molecule has 0 spiro atoms. The Morgan fingerprint density at radius 1 is 0.276 bits per heavy atom. The highest BCUT2D eigenvalue weighted by atomic mass is 16.6. The van der Waals surface area contributed by atoms with Gasteiger partial charge in [-0.1, -0.05) is 265 Å². The number of esters is 3. The SMILES string of the molecule is CC/C=C\C/C=C\C/C=C\C/C=C\CCCCC(=O)OC(COC(=O)CCCCCCC/C=C\C/C=C\CCCC)COC(=O)CCCCCCCCCCCCCCCC/C=C\C/C=C\C/C=C\CCCCCCC. The van der Waals surface area contributed by atoms with Crippen molar-refractivity contribution in [2.75, 3.05) is 13.2 Å². The van der Waals surface area contributed by atoms with E-state index in [1.54, 1.807) is 0 Å². The number of hydrogen-bond acceptors (Lipinski definition) is 6. The molecule has 1 atom stereocenters. The molecule has 0 saturated carbocycles. The van der Waals surface area contributed by atoms with E-state index >= 15 is 0 Å². The van der Waals surface area contributed by atoms with Gasteiger partial charge in [-0.15, -0.1) is 0 Å². The van der Waals surface area contributed by atoms with E-state index in [0.29, 0.717) is 19.3 Å². The van der Waals surface area contributed by atoms with Crippen LogP contribution >= 0.6 is 0 Å². The predicted molar refractivity (Wildman–Crippen MR) is 330 cm³/mol. The summed E-state index contributed by atoms with van der Waals surface area (Å²) in [5.74, 6) is -0.952. The van der Waals surface area contributed by atoms with Gasteiger partial charge in [-0.3, -0.25) is 14.4 Å². The van der Waals surface area contributed by atoms with Crippen LogP contribution in [-0.4, -0.2) is 37.2 Å². The summed E-state index contributed by atoms with van der Waals surface area (Å²) < 4.78 is 16.9. The Kier molecular flexibility index (Phi) is 60.3. The molecule has 1 unspecified atom stereocenters. The van der Waals surface area contributed by atoms with Crippen LogP contribution in [0.3, 0.4) is 0 Å². The molecule has 0 aliphatic rings. The Balaban J connectivity index is 4.29. The monoisotopic (exact) mass is 1050 g/mol. The smallest absolute Gasteiger partial charge is 0.306 e. The first-order valence-electron chi connectivity index (χ1n) is 31.9. The molecule has 0 rings (SSSR count). The number of carbonyl (C=O) groups excluding carboxylic acids is 3. The van der Waals surface area contributed by atoms with Crippen molar-refractivity contribution >= 4 is 17.9 Å². The minimum Gasteiger partial charge on any atom is -0.462 e.